The summed E-state index contributed by atoms with van der Waals surface area (Å²) in [5.74, 6) is -2.42. The van der Waals surface area contributed by atoms with E-state index in [0.717, 1.165) is 0 Å². The minimum Gasteiger partial charge on any atom is -0.480 e. The monoisotopic (exact) mass is 273 g/mol. The molecule has 0 amide bonds. The van der Waals surface area contributed by atoms with Crippen LogP contribution in [-0.4, -0.2) is 61.8 Å². The Labute approximate surface area is 92.3 Å². The highest BCUT2D eigenvalue weighted by Gasteiger charge is 2.44. The number of hydrogen-bond donors (Lipinski definition) is 3. The van der Waals surface area contributed by atoms with Crippen molar-refractivity contribution in [3.05, 3.63) is 0 Å². The van der Waals surface area contributed by atoms with E-state index in [2.05, 4.69) is 5.32 Å². The van der Waals surface area contributed by atoms with Gasteiger partial charge in [0.2, 0.25) is 0 Å². The molecule has 1 saturated heterocycles. The summed E-state index contributed by atoms with van der Waals surface area (Å²) >= 11 is 0. The van der Waals surface area contributed by atoms with E-state index >= 15 is 0 Å². The topological polar surface area (TPSA) is 138 Å². The van der Waals surface area contributed by atoms with Crippen LogP contribution in [0.4, 0.5) is 0 Å². The zero-order chi connectivity index (χ0) is 12.6. The predicted octanol–water partition coefficient (Wildman–Crippen LogP) is -2.29. The van der Waals surface area contributed by atoms with Gasteiger partial charge in [-0.15, -0.1) is 0 Å². The third-order valence-electron chi connectivity index (χ3n) is 2.20. The first kappa shape index (κ1) is 13.4. The molecule has 1 aliphatic heterocycles. The van der Waals surface area contributed by atoms with Crippen molar-refractivity contribution in [3.8, 4) is 0 Å². The first-order valence-electron chi connectivity index (χ1n) is 4.24. The fourth-order valence-corrected chi connectivity index (χ4v) is 5.32. The minimum absolute atomic E-state index is 0.495. The molecule has 0 aromatic heterocycles. The predicted molar refractivity (Wildman–Crippen MR) is 53.4 cm³/mol. The molecular weight excluding hydrogens is 262 g/mol. The maximum absolute atomic E-state index is 11.2. The van der Waals surface area contributed by atoms with E-state index in [1.54, 1.807) is 0 Å². The molecule has 2 atom stereocenters. The Kier molecular flexibility index (Phi) is 3.57. The maximum atomic E-state index is 11.2. The molecule has 0 saturated carbocycles. The highest BCUT2D eigenvalue weighted by atomic mass is 32.2. The Morgan fingerprint density at radius 3 is 2.38 bits per heavy atom. The molecule has 3 N–H and O–H groups in total. The van der Waals surface area contributed by atoms with Crippen LogP contribution in [0.1, 0.15) is 0 Å². The Morgan fingerprint density at radius 1 is 1.38 bits per heavy atom. The lowest BCUT2D eigenvalue weighted by atomic mass is 10.2. The number of sulfone groups is 1. The Morgan fingerprint density at radius 2 is 1.94 bits per heavy atom. The average Bonchev–Trinajstić information content (AvgIpc) is 2.37. The van der Waals surface area contributed by atoms with Gasteiger partial charge in [0.1, 0.15) is 5.25 Å². The first-order chi connectivity index (χ1) is 7.12. The minimum atomic E-state index is -4.51. The molecule has 1 fully saturated rings. The summed E-state index contributed by atoms with van der Waals surface area (Å²) < 4.78 is 52.9. The Balaban J connectivity index is 2.85. The quantitative estimate of drug-likeness (QED) is 0.487. The number of carboxylic acids is 1. The highest BCUT2D eigenvalue weighted by Crippen LogP contribution is 2.18. The van der Waals surface area contributed by atoms with Gasteiger partial charge in [-0.25, -0.2) is 8.42 Å². The summed E-state index contributed by atoms with van der Waals surface area (Å²) in [6.07, 6.45) is 0. The lowest BCUT2D eigenvalue weighted by Crippen LogP contribution is -2.45. The number of rotatable bonds is 4. The zero-order valence-electron chi connectivity index (χ0n) is 8.03. The van der Waals surface area contributed by atoms with Crippen LogP contribution >= 0.6 is 0 Å². The lowest BCUT2D eigenvalue weighted by molar-refractivity contribution is -0.136. The van der Waals surface area contributed by atoms with Crippen molar-refractivity contribution in [3.63, 3.8) is 0 Å². The molecule has 8 nitrogen and oxygen atoms in total. The van der Waals surface area contributed by atoms with E-state index in [4.69, 9.17) is 9.66 Å². The van der Waals surface area contributed by atoms with E-state index in [0.29, 0.717) is 0 Å². The maximum Gasteiger partial charge on any atom is 0.317 e. The molecule has 10 heteroatoms. The van der Waals surface area contributed by atoms with Crippen molar-refractivity contribution in [1.29, 1.82) is 0 Å². The fraction of sp³-hybridized carbons (Fsp3) is 0.833. The van der Waals surface area contributed by atoms with Gasteiger partial charge in [-0.3, -0.25) is 9.35 Å². The van der Waals surface area contributed by atoms with Gasteiger partial charge in [-0.05, 0) is 0 Å². The summed E-state index contributed by atoms with van der Waals surface area (Å²) in [7, 11) is -8.08. The second kappa shape index (κ2) is 4.28. The molecule has 0 aromatic carbocycles. The molecule has 0 spiro atoms. The van der Waals surface area contributed by atoms with Gasteiger partial charge in [-0.1, -0.05) is 0 Å². The normalized spacial score (nSPS) is 29.1. The molecule has 0 bridgehead atoms. The Bertz CT molecular complexity index is 479. The summed E-state index contributed by atoms with van der Waals surface area (Å²) in [5.41, 5.74) is 0. The van der Waals surface area contributed by atoms with Crippen molar-refractivity contribution in [2.45, 2.75) is 11.3 Å². The largest absolute Gasteiger partial charge is 0.480 e. The molecule has 1 heterocycles. The van der Waals surface area contributed by atoms with Crippen molar-refractivity contribution >= 4 is 25.9 Å². The molecule has 0 aliphatic carbocycles. The van der Waals surface area contributed by atoms with Crippen molar-refractivity contribution in [2.24, 2.45) is 0 Å². The number of nitrogens with one attached hydrogen (secondary N) is 1. The molecule has 0 radical (unpaired) electrons. The van der Waals surface area contributed by atoms with Gasteiger partial charge in [0, 0.05) is 6.04 Å². The van der Waals surface area contributed by atoms with Crippen LogP contribution in [0.2, 0.25) is 0 Å². The van der Waals surface area contributed by atoms with Crippen molar-refractivity contribution in [2.75, 3.05) is 18.1 Å². The van der Waals surface area contributed by atoms with E-state index in [1.807, 2.05) is 0 Å². The first-order valence-corrected chi connectivity index (χ1v) is 7.56. The van der Waals surface area contributed by atoms with Gasteiger partial charge in [-0.2, -0.15) is 8.42 Å². The van der Waals surface area contributed by atoms with E-state index in [9.17, 15) is 21.6 Å². The second-order valence-electron chi connectivity index (χ2n) is 3.51. The summed E-state index contributed by atoms with van der Waals surface area (Å²) in [5, 5.41) is 9.14. The van der Waals surface area contributed by atoms with Gasteiger partial charge in [0.05, 0.1) is 18.1 Å². The smallest absolute Gasteiger partial charge is 0.317 e. The summed E-state index contributed by atoms with van der Waals surface area (Å²) in [4.78, 5) is 10.2. The molecule has 16 heavy (non-hydrogen) atoms. The Hall–Kier alpha value is -0.710. The van der Waals surface area contributed by atoms with E-state index < -0.39 is 55.3 Å². The van der Waals surface area contributed by atoms with Crippen LogP contribution in [0.15, 0.2) is 0 Å². The van der Waals surface area contributed by atoms with E-state index in [-0.39, 0.29) is 0 Å². The summed E-state index contributed by atoms with van der Waals surface area (Å²) in [6, 6.07) is -1.09. The summed E-state index contributed by atoms with van der Waals surface area (Å²) in [6.45, 7) is -0.563. The number of hydrogen-bond acceptors (Lipinski definition) is 6. The van der Waals surface area contributed by atoms with E-state index in [1.165, 1.54) is 0 Å². The fourth-order valence-electron chi connectivity index (χ4n) is 1.52. The third-order valence-corrected chi connectivity index (χ3v) is 5.40. The molecule has 0 aromatic rings. The van der Waals surface area contributed by atoms with Gasteiger partial charge in [0.15, 0.2) is 9.84 Å². The SMILES string of the molecule is O=C(O)CN[C@H]1CS(=O)(=O)C[C@@H]1S(=O)(=O)O. The molecule has 1 rings (SSSR count). The molecule has 94 valence electrons. The van der Waals surface area contributed by atoms with Gasteiger partial charge >= 0.3 is 5.97 Å². The van der Waals surface area contributed by atoms with Gasteiger partial charge < -0.3 is 10.4 Å². The zero-order valence-corrected chi connectivity index (χ0v) is 9.66. The third kappa shape index (κ3) is 3.40. The second-order valence-corrected chi connectivity index (χ2v) is 7.30. The van der Waals surface area contributed by atoms with Crippen LogP contribution in [0, 0.1) is 0 Å². The lowest BCUT2D eigenvalue weighted by Gasteiger charge is -2.15. The van der Waals surface area contributed by atoms with Crippen LogP contribution in [0.5, 0.6) is 0 Å². The van der Waals surface area contributed by atoms with Crippen molar-refractivity contribution in [1.82, 2.24) is 5.32 Å². The molecule has 1 aliphatic rings. The average molecular weight is 273 g/mol. The van der Waals surface area contributed by atoms with Gasteiger partial charge in [0.25, 0.3) is 10.1 Å². The number of carbonyl (C=O) groups is 1. The number of carboxylic acid groups (broad SMARTS) is 1. The number of aliphatic carboxylic acids is 1. The molecular formula is C6H11NO7S2. The molecule has 0 unspecified atom stereocenters. The highest BCUT2D eigenvalue weighted by molar-refractivity contribution is 7.94. The van der Waals surface area contributed by atoms with Crippen LogP contribution in [0.25, 0.3) is 0 Å². The van der Waals surface area contributed by atoms with Crippen LogP contribution in [0.3, 0.4) is 0 Å². The van der Waals surface area contributed by atoms with Crippen molar-refractivity contribution < 1.29 is 31.3 Å². The van der Waals surface area contributed by atoms with Crippen LogP contribution < -0.4 is 5.32 Å². The standard InChI is InChI=1S/C6H11NO7S2/c8-6(9)1-7-4-2-15(10,11)3-5(4)16(12,13)14/h4-5,7H,1-3H2,(H,8,9)(H,12,13,14)/t4-,5-/m0/s1. The van der Waals surface area contributed by atoms with Crippen LogP contribution in [-0.2, 0) is 24.7 Å².